The highest BCUT2D eigenvalue weighted by Crippen LogP contribution is 2.67. The van der Waals surface area contributed by atoms with Crippen LogP contribution in [0.1, 0.15) is 58.8 Å². The minimum atomic E-state index is 0.176. The first-order valence-corrected chi connectivity index (χ1v) is 9.62. The van der Waals surface area contributed by atoms with Gasteiger partial charge in [0.15, 0.2) is 0 Å². The molecule has 0 spiro atoms. The van der Waals surface area contributed by atoms with Crippen LogP contribution in [0.4, 0.5) is 0 Å². The number of alkyl halides is 3. The number of halogens is 3. The van der Waals surface area contributed by atoms with Crippen molar-refractivity contribution in [1.29, 1.82) is 0 Å². The molecule has 1 aliphatic carbocycles. The van der Waals surface area contributed by atoms with Gasteiger partial charge in [0.1, 0.15) is 0 Å². The Hall–Kier alpha value is 1.40. The van der Waals surface area contributed by atoms with Crippen molar-refractivity contribution in [2.45, 2.75) is 66.4 Å². The van der Waals surface area contributed by atoms with Crippen LogP contribution in [-0.2, 0) is 0 Å². The van der Waals surface area contributed by atoms with Crippen molar-refractivity contribution in [2.75, 3.05) is 19.6 Å². The summed E-state index contributed by atoms with van der Waals surface area (Å²) in [5.41, 5.74) is 0. The average Bonchev–Trinajstić information content (AvgIpc) is 2.82. The van der Waals surface area contributed by atoms with E-state index < -0.39 is 0 Å². The highest BCUT2D eigenvalue weighted by molar-refractivity contribution is 9.26. The fraction of sp³-hybridized carbons (Fsp3) is 1.00. The second kappa shape index (κ2) is 7.99. The van der Waals surface area contributed by atoms with Crippen molar-refractivity contribution in [3.05, 3.63) is 0 Å². The Morgan fingerprint density at radius 1 is 0.889 bits per heavy atom. The zero-order chi connectivity index (χ0) is 13.6. The molecule has 1 nitrogen and oxygen atoms in total. The van der Waals surface area contributed by atoms with Gasteiger partial charge < -0.3 is 4.90 Å². The Labute approximate surface area is 138 Å². The molecule has 0 aromatic carbocycles. The predicted molar refractivity (Wildman–Crippen MR) is 92.4 cm³/mol. The molecule has 1 atom stereocenters. The molecule has 1 aliphatic rings. The van der Waals surface area contributed by atoms with Crippen LogP contribution in [0.2, 0.25) is 0 Å². The summed E-state index contributed by atoms with van der Waals surface area (Å²) in [7, 11) is 0. The van der Waals surface area contributed by atoms with E-state index in [0.717, 1.165) is 0 Å². The van der Waals surface area contributed by atoms with Crippen molar-refractivity contribution >= 4 is 47.8 Å². The maximum absolute atomic E-state index is 3.83. The lowest BCUT2D eigenvalue weighted by atomic mass is 10.1. The molecule has 0 heterocycles. The summed E-state index contributed by atoms with van der Waals surface area (Å²) in [6.07, 6.45) is 9.34. The molecule has 108 valence electrons. The Morgan fingerprint density at radius 2 is 1.39 bits per heavy atom. The summed E-state index contributed by atoms with van der Waals surface area (Å²) in [5, 5.41) is 0. The first-order chi connectivity index (χ1) is 8.45. The highest BCUT2D eigenvalue weighted by atomic mass is 79.9. The molecule has 0 saturated heterocycles. The van der Waals surface area contributed by atoms with Crippen LogP contribution in [-0.4, -0.2) is 32.1 Å². The predicted octanol–water partition coefficient (Wildman–Crippen LogP) is 5.69. The van der Waals surface area contributed by atoms with Gasteiger partial charge in [-0.2, -0.15) is 0 Å². The van der Waals surface area contributed by atoms with Crippen LogP contribution in [0.25, 0.3) is 0 Å². The van der Waals surface area contributed by atoms with Crippen LogP contribution in [0.5, 0.6) is 0 Å². The minimum Gasteiger partial charge on any atom is -0.304 e. The Morgan fingerprint density at radius 3 is 1.89 bits per heavy atom. The molecule has 1 fully saturated rings. The number of hydrogen-bond acceptors (Lipinski definition) is 1. The summed E-state index contributed by atoms with van der Waals surface area (Å²) in [6.45, 7) is 8.17. The fourth-order valence-electron chi connectivity index (χ4n) is 2.39. The molecule has 1 unspecified atom stereocenters. The Bertz CT molecular complexity index is 241. The second-order valence-corrected chi connectivity index (χ2v) is 10.7. The molecular weight excluding hydrogens is 422 g/mol. The number of nitrogens with zero attached hydrogens (tertiary/aromatic N) is 1. The number of unbranched alkanes of at least 4 members (excludes halogenated alkanes) is 4. The van der Waals surface area contributed by atoms with Crippen molar-refractivity contribution in [2.24, 2.45) is 0 Å². The third kappa shape index (κ3) is 5.41. The largest absolute Gasteiger partial charge is 0.304 e. The zero-order valence-electron chi connectivity index (χ0n) is 11.7. The van der Waals surface area contributed by atoms with Crippen LogP contribution < -0.4 is 0 Å². The summed E-state index contributed by atoms with van der Waals surface area (Å²) in [4.78, 5) is 2.52. The van der Waals surface area contributed by atoms with E-state index in [4.69, 9.17) is 0 Å². The van der Waals surface area contributed by atoms with Gasteiger partial charge in [-0.15, -0.1) is 0 Å². The van der Waals surface area contributed by atoms with Gasteiger partial charge in [0.05, 0.1) is 7.56 Å². The first-order valence-electron chi connectivity index (χ1n) is 7.24. The van der Waals surface area contributed by atoms with Gasteiger partial charge in [-0.05, 0) is 38.9 Å². The molecule has 18 heavy (non-hydrogen) atoms. The molecule has 1 rings (SSSR count). The minimum absolute atomic E-state index is 0.176. The average molecular weight is 448 g/mol. The lowest BCUT2D eigenvalue weighted by Crippen LogP contribution is -2.23. The van der Waals surface area contributed by atoms with E-state index in [0.29, 0.717) is 4.32 Å². The van der Waals surface area contributed by atoms with Gasteiger partial charge in [-0.1, -0.05) is 87.3 Å². The van der Waals surface area contributed by atoms with Crippen LogP contribution >= 0.6 is 47.8 Å². The molecule has 0 N–H and O–H groups in total. The van der Waals surface area contributed by atoms with E-state index in [1.165, 1.54) is 64.6 Å². The van der Waals surface area contributed by atoms with E-state index in [-0.39, 0.29) is 3.23 Å². The summed E-state index contributed by atoms with van der Waals surface area (Å²) in [6, 6.07) is 0. The van der Waals surface area contributed by atoms with Gasteiger partial charge in [0, 0.05) is 0 Å². The SMILES string of the molecule is CCN(CC)CCCCCCCC1(Br)CC1(Br)Br. The molecule has 0 radical (unpaired) electrons. The zero-order valence-corrected chi connectivity index (χ0v) is 16.4. The molecule has 4 heteroatoms. The van der Waals surface area contributed by atoms with Crippen LogP contribution in [0.3, 0.4) is 0 Å². The quantitative estimate of drug-likeness (QED) is 0.307. The molecule has 0 aromatic rings. The molecule has 0 aliphatic heterocycles. The van der Waals surface area contributed by atoms with E-state index in [2.05, 4.69) is 66.5 Å². The van der Waals surface area contributed by atoms with E-state index in [1.807, 2.05) is 0 Å². The molecular formula is C14H26Br3N. The topological polar surface area (TPSA) is 3.24 Å². The maximum atomic E-state index is 3.83. The summed E-state index contributed by atoms with van der Waals surface area (Å²) < 4.78 is 0.497. The fourth-order valence-corrected chi connectivity index (χ4v) is 5.20. The third-order valence-electron chi connectivity index (χ3n) is 3.97. The van der Waals surface area contributed by atoms with Gasteiger partial charge in [0.2, 0.25) is 0 Å². The van der Waals surface area contributed by atoms with Gasteiger partial charge in [-0.3, -0.25) is 0 Å². The first kappa shape index (κ1) is 17.5. The molecule has 0 bridgehead atoms. The van der Waals surface area contributed by atoms with Crippen molar-refractivity contribution < 1.29 is 0 Å². The van der Waals surface area contributed by atoms with Gasteiger partial charge in [0.25, 0.3) is 0 Å². The Kier molecular flexibility index (Phi) is 7.75. The lowest BCUT2D eigenvalue weighted by Gasteiger charge is -2.17. The Balaban J connectivity index is 1.91. The van der Waals surface area contributed by atoms with E-state index in [9.17, 15) is 0 Å². The van der Waals surface area contributed by atoms with Crippen molar-refractivity contribution in [3.8, 4) is 0 Å². The van der Waals surface area contributed by atoms with E-state index in [1.54, 1.807) is 0 Å². The maximum Gasteiger partial charge on any atom is 0.0972 e. The highest BCUT2D eigenvalue weighted by Gasteiger charge is 2.62. The standard InChI is InChI=1S/C14H26Br3N/c1-3-18(4-2)11-9-7-5-6-8-10-13(15)12-14(13,16)17/h3-12H2,1-2H3. The second-order valence-electron chi connectivity index (χ2n) is 5.39. The van der Waals surface area contributed by atoms with E-state index >= 15 is 0 Å². The van der Waals surface area contributed by atoms with Crippen LogP contribution in [0, 0.1) is 0 Å². The number of hydrogen-bond donors (Lipinski definition) is 0. The number of rotatable bonds is 10. The van der Waals surface area contributed by atoms with Crippen molar-refractivity contribution in [1.82, 2.24) is 4.90 Å². The summed E-state index contributed by atoms with van der Waals surface area (Å²) in [5.74, 6) is 0. The van der Waals surface area contributed by atoms with Gasteiger partial charge >= 0.3 is 0 Å². The molecule has 1 saturated carbocycles. The normalized spacial score (nSPS) is 25.7. The van der Waals surface area contributed by atoms with Gasteiger partial charge in [-0.25, -0.2) is 0 Å². The van der Waals surface area contributed by atoms with Crippen molar-refractivity contribution in [3.63, 3.8) is 0 Å². The lowest BCUT2D eigenvalue weighted by molar-refractivity contribution is 0.295. The summed E-state index contributed by atoms with van der Waals surface area (Å²) >= 11 is 11.2. The third-order valence-corrected chi connectivity index (χ3v) is 8.47. The molecule has 0 amide bonds. The smallest absolute Gasteiger partial charge is 0.0972 e. The molecule has 0 aromatic heterocycles. The van der Waals surface area contributed by atoms with Crippen LogP contribution in [0.15, 0.2) is 0 Å². The monoisotopic (exact) mass is 445 g/mol.